The molecule has 1 amide bonds. The Labute approximate surface area is 93.7 Å². The fourth-order valence-electron chi connectivity index (χ4n) is 1.03. The molecule has 0 saturated heterocycles. The Bertz CT molecular complexity index is 401. The van der Waals surface area contributed by atoms with Crippen LogP contribution in [0.1, 0.15) is 29.8 Å². The van der Waals surface area contributed by atoms with Gasteiger partial charge in [0.1, 0.15) is 0 Å². The average Bonchev–Trinajstić information content (AvgIpc) is 2.61. The third-order valence-electron chi connectivity index (χ3n) is 2.09. The van der Waals surface area contributed by atoms with Gasteiger partial charge in [-0.05, 0) is 31.7 Å². The molecule has 4 heteroatoms. The molecule has 1 heterocycles. The van der Waals surface area contributed by atoms with Crippen LogP contribution in [-0.2, 0) is 0 Å². The van der Waals surface area contributed by atoms with Crippen LogP contribution in [0.2, 0.25) is 0 Å². The van der Waals surface area contributed by atoms with Crippen LogP contribution in [-0.4, -0.2) is 12.5 Å². The highest BCUT2D eigenvalue weighted by molar-refractivity contribution is 7.08. The summed E-state index contributed by atoms with van der Waals surface area (Å²) < 4.78 is 0. The lowest BCUT2D eigenvalue weighted by molar-refractivity contribution is 0.0943. The first kappa shape index (κ1) is 11.7. The molecule has 0 bridgehead atoms. The first-order valence-corrected chi connectivity index (χ1v) is 5.63. The third-order valence-corrected chi connectivity index (χ3v) is 2.96. The summed E-state index contributed by atoms with van der Waals surface area (Å²) in [5, 5.41) is 15.3. The van der Waals surface area contributed by atoms with Crippen molar-refractivity contribution < 1.29 is 4.79 Å². The van der Waals surface area contributed by atoms with E-state index in [0.29, 0.717) is 12.1 Å². The summed E-state index contributed by atoms with van der Waals surface area (Å²) in [6.45, 7) is 5.87. The van der Waals surface area contributed by atoms with Crippen LogP contribution < -0.4 is 5.32 Å². The molecule has 0 aliphatic heterocycles. The lowest BCUT2D eigenvalue weighted by Crippen LogP contribution is -2.33. The maximum absolute atomic E-state index is 11.7. The van der Waals surface area contributed by atoms with Crippen molar-refractivity contribution in [2.75, 3.05) is 6.54 Å². The second-order valence-corrected chi connectivity index (χ2v) is 4.89. The number of nitriles is 1. The van der Waals surface area contributed by atoms with Crippen molar-refractivity contribution in [1.82, 2.24) is 5.32 Å². The molecular formula is C11H14N2OS. The molecule has 0 aliphatic carbocycles. The van der Waals surface area contributed by atoms with Gasteiger partial charge < -0.3 is 5.32 Å². The molecule has 0 fully saturated rings. The molecule has 0 radical (unpaired) electrons. The monoisotopic (exact) mass is 222 g/mol. The van der Waals surface area contributed by atoms with E-state index in [9.17, 15) is 4.79 Å². The number of rotatable bonds is 3. The number of amides is 1. The van der Waals surface area contributed by atoms with E-state index in [1.165, 1.54) is 11.3 Å². The molecule has 15 heavy (non-hydrogen) atoms. The Morgan fingerprint density at radius 1 is 1.60 bits per heavy atom. The van der Waals surface area contributed by atoms with Gasteiger partial charge >= 0.3 is 0 Å². The highest BCUT2D eigenvalue weighted by Crippen LogP contribution is 2.15. The van der Waals surface area contributed by atoms with E-state index in [-0.39, 0.29) is 5.91 Å². The zero-order valence-corrected chi connectivity index (χ0v) is 9.94. The van der Waals surface area contributed by atoms with Gasteiger partial charge in [-0.15, -0.1) is 0 Å². The van der Waals surface area contributed by atoms with Gasteiger partial charge in [-0.1, -0.05) is 0 Å². The van der Waals surface area contributed by atoms with Crippen molar-refractivity contribution in [3.63, 3.8) is 0 Å². The molecule has 80 valence electrons. The van der Waals surface area contributed by atoms with E-state index >= 15 is 0 Å². The molecule has 0 spiro atoms. The number of hydrogen-bond acceptors (Lipinski definition) is 3. The highest BCUT2D eigenvalue weighted by atomic mass is 32.1. The van der Waals surface area contributed by atoms with E-state index in [0.717, 1.165) is 5.56 Å². The zero-order chi connectivity index (χ0) is 11.5. The molecule has 1 rings (SSSR count). The van der Waals surface area contributed by atoms with Gasteiger partial charge in [0.05, 0.1) is 17.0 Å². The molecule has 0 atom stereocenters. The highest BCUT2D eigenvalue weighted by Gasteiger charge is 2.18. The minimum atomic E-state index is -0.514. The summed E-state index contributed by atoms with van der Waals surface area (Å²) in [4.78, 5) is 11.7. The number of nitrogens with zero attached hydrogens (tertiary/aromatic N) is 1. The van der Waals surface area contributed by atoms with Crippen molar-refractivity contribution in [3.8, 4) is 6.07 Å². The number of carbonyl (C=O) groups is 1. The zero-order valence-electron chi connectivity index (χ0n) is 9.13. The Hall–Kier alpha value is -1.34. The summed E-state index contributed by atoms with van der Waals surface area (Å²) in [6.07, 6.45) is 0. The summed E-state index contributed by atoms with van der Waals surface area (Å²) in [7, 11) is 0. The first-order valence-electron chi connectivity index (χ1n) is 4.68. The second-order valence-electron chi connectivity index (χ2n) is 4.15. The molecule has 0 unspecified atom stereocenters. The SMILES string of the molecule is Cc1cscc1C(=O)NCC(C)(C)C#N. The Morgan fingerprint density at radius 2 is 2.27 bits per heavy atom. The number of carbonyl (C=O) groups excluding carboxylic acids is 1. The maximum atomic E-state index is 11.7. The molecular weight excluding hydrogens is 208 g/mol. The topological polar surface area (TPSA) is 52.9 Å². The minimum absolute atomic E-state index is 0.0999. The van der Waals surface area contributed by atoms with E-state index in [4.69, 9.17) is 5.26 Å². The van der Waals surface area contributed by atoms with E-state index in [1.54, 1.807) is 13.8 Å². The van der Waals surface area contributed by atoms with Crippen molar-refractivity contribution in [1.29, 1.82) is 5.26 Å². The molecule has 1 N–H and O–H groups in total. The summed E-state index contributed by atoms with van der Waals surface area (Å²) in [5.74, 6) is -0.0999. The van der Waals surface area contributed by atoms with Crippen LogP contribution >= 0.6 is 11.3 Å². The number of nitrogens with one attached hydrogen (secondary N) is 1. The predicted octanol–water partition coefficient (Wildman–Crippen LogP) is 2.34. The van der Waals surface area contributed by atoms with Gasteiger partial charge in [0.2, 0.25) is 0 Å². The molecule has 0 aromatic carbocycles. The smallest absolute Gasteiger partial charge is 0.252 e. The van der Waals surface area contributed by atoms with Crippen LogP contribution in [0.3, 0.4) is 0 Å². The van der Waals surface area contributed by atoms with Gasteiger partial charge in [0.25, 0.3) is 5.91 Å². The standard InChI is InChI=1S/C11H14N2OS/c1-8-4-15-5-9(8)10(14)13-7-11(2,3)6-12/h4-5H,7H2,1-3H3,(H,13,14). The number of thiophene rings is 1. The van der Waals surface area contributed by atoms with Crippen molar-refractivity contribution >= 4 is 17.2 Å². The Balaban J connectivity index is 2.59. The molecule has 0 saturated carbocycles. The Morgan fingerprint density at radius 3 is 2.73 bits per heavy atom. The van der Waals surface area contributed by atoms with Gasteiger partial charge in [0, 0.05) is 11.9 Å². The summed E-state index contributed by atoms with van der Waals surface area (Å²) in [6, 6.07) is 2.14. The fraction of sp³-hybridized carbons (Fsp3) is 0.455. The normalized spacial score (nSPS) is 10.8. The Kier molecular flexibility index (Phi) is 3.48. The third kappa shape index (κ3) is 3.07. The largest absolute Gasteiger partial charge is 0.350 e. The van der Waals surface area contributed by atoms with E-state index < -0.39 is 5.41 Å². The molecule has 1 aromatic heterocycles. The van der Waals surface area contributed by atoms with Crippen LogP contribution in [0.4, 0.5) is 0 Å². The average molecular weight is 222 g/mol. The number of aryl methyl sites for hydroxylation is 1. The van der Waals surface area contributed by atoms with Gasteiger partial charge in [-0.2, -0.15) is 16.6 Å². The maximum Gasteiger partial charge on any atom is 0.252 e. The van der Waals surface area contributed by atoms with Crippen molar-refractivity contribution in [2.45, 2.75) is 20.8 Å². The molecule has 3 nitrogen and oxygen atoms in total. The summed E-state index contributed by atoms with van der Waals surface area (Å²) >= 11 is 1.51. The minimum Gasteiger partial charge on any atom is -0.350 e. The van der Waals surface area contributed by atoms with Crippen LogP contribution in [0.25, 0.3) is 0 Å². The first-order chi connectivity index (χ1) is 6.96. The van der Waals surface area contributed by atoms with Crippen molar-refractivity contribution in [2.24, 2.45) is 5.41 Å². The van der Waals surface area contributed by atoms with Crippen LogP contribution in [0.15, 0.2) is 10.8 Å². The molecule has 0 aliphatic rings. The second kappa shape index (κ2) is 4.45. The van der Waals surface area contributed by atoms with Crippen LogP contribution in [0.5, 0.6) is 0 Å². The summed E-state index contributed by atoms with van der Waals surface area (Å²) in [5.41, 5.74) is 1.17. The van der Waals surface area contributed by atoms with Gasteiger partial charge in [-0.25, -0.2) is 0 Å². The van der Waals surface area contributed by atoms with E-state index in [2.05, 4.69) is 11.4 Å². The lowest BCUT2D eigenvalue weighted by atomic mass is 9.96. The lowest BCUT2D eigenvalue weighted by Gasteiger charge is -2.15. The quantitative estimate of drug-likeness (QED) is 0.853. The number of hydrogen-bond donors (Lipinski definition) is 1. The van der Waals surface area contributed by atoms with Gasteiger partial charge in [-0.3, -0.25) is 4.79 Å². The van der Waals surface area contributed by atoms with Gasteiger partial charge in [0.15, 0.2) is 0 Å². The predicted molar refractivity (Wildman–Crippen MR) is 60.8 cm³/mol. The van der Waals surface area contributed by atoms with E-state index in [1.807, 2.05) is 17.7 Å². The fourth-order valence-corrected chi connectivity index (χ4v) is 1.86. The van der Waals surface area contributed by atoms with Crippen molar-refractivity contribution in [3.05, 3.63) is 21.9 Å². The molecule has 1 aromatic rings. The van der Waals surface area contributed by atoms with Crippen LogP contribution in [0, 0.1) is 23.7 Å².